The molecule has 0 aliphatic carbocycles. The Hall–Kier alpha value is -3.12. The fraction of sp³-hybridized carbons (Fsp3) is 0.111. The topological polar surface area (TPSA) is 0 Å². The molecule has 0 aromatic heterocycles. The average molecular weight is 348 g/mol. The zero-order valence-electron chi connectivity index (χ0n) is 15.7. The lowest BCUT2D eigenvalue weighted by atomic mass is 9.88. The summed E-state index contributed by atoms with van der Waals surface area (Å²) in [4.78, 5) is 0. The van der Waals surface area contributed by atoms with Gasteiger partial charge in [0.05, 0.1) is 0 Å². The number of benzene rings is 4. The van der Waals surface area contributed by atoms with Crippen LogP contribution in [0.4, 0.5) is 0 Å². The Kier molecular flexibility index (Phi) is 5.16. The molecule has 0 radical (unpaired) electrons. The van der Waals surface area contributed by atoms with Crippen LogP contribution < -0.4 is 0 Å². The van der Waals surface area contributed by atoms with Crippen molar-refractivity contribution in [3.8, 4) is 11.1 Å². The molecule has 0 aliphatic heterocycles. The molecule has 4 rings (SSSR count). The van der Waals surface area contributed by atoms with Crippen molar-refractivity contribution >= 4 is 0 Å². The fourth-order valence-electron chi connectivity index (χ4n) is 3.74. The van der Waals surface area contributed by atoms with Crippen LogP contribution in [0.1, 0.15) is 27.8 Å². The van der Waals surface area contributed by atoms with Gasteiger partial charge in [-0.2, -0.15) is 0 Å². The van der Waals surface area contributed by atoms with Crippen molar-refractivity contribution in [2.24, 2.45) is 0 Å². The van der Waals surface area contributed by atoms with E-state index >= 15 is 0 Å². The van der Waals surface area contributed by atoms with Gasteiger partial charge in [-0.1, -0.05) is 103 Å². The van der Waals surface area contributed by atoms with E-state index in [9.17, 15) is 0 Å². The molecule has 0 bridgehead atoms. The van der Waals surface area contributed by atoms with E-state index in [1.54, 1.807) is 0 Å². The molecular formula is C27H24. The Balaban J connectivity index is 1.77. The second kappa shape index (κ2) is 8.05. The summed E-state index contributed by atoms with van der Waals surface area (Å²) >= 11 is 0. The summed E-state index contributed by atoms with van der Waals surface area (Å²) in [6.07, 6.45) is 1.91. The summed E-state index contributed by atoms with van der Waals surface area (Å²) in [5.74, 6) is 0. The quantitative estimate of drug-likeness (QED) is 0.370. The lowest BCUT2D eigenvalue weighted by Crippen LogP contribution is -1.99. The van der Waals surface area contributed by atoms with Crippen LogP contribution in [0.25, 0.3) is 11.1 Å². The molecule has 0 amide bonds. The number of hydrogen-bond acceptors (Lipinski definition) is 0. The molecule has 0 saturated heterocycles. The van der Waals surface area contributed by atoms with Gasteiger partial charge in [0.2, 0.25) is 0 Å². The monoisotopic (exact) mass is 348 g/mol. The predicted octanol–water partition coefficient (Wildman–Crippen LogP) is 6.84. The minimum atomic E-state index is 0.954. The molecule has 4 aromatic rings. The van der Waals surface area contributed by atoms with E-state index in [0.717, 1.165) is 12.8 Å². The van der Waals surface area contributed by atoms with Crippen LogP contribution in [0.3, 0.4) is 0 Å². The van der Waals surface area contributed by atoms with Crippen LogP contribution in [-0.4, -0.2) is 0 Å². The average Bonchev–Trinajstić information content (AvgIpc) is 2.72. The minimum Gasteiger partial charge on any atom is -0.0622 e. The minimum absolute atomic E-state index is 0.954. The van der Waals surface area contributed by atoms with E-state index in [0.29, 0.717) is 0 Å². The summed E-state index contributed by atoms with van der Waals surface area (Å²) in [5.41, 5.74) is 9.55. The first-order chi connectivity index (χ1) is 13.3. The van der Waals surface area contributed by atoms with Crippen molar-refractivity contribution in [2.45, 2.75) is 19.8 Å². The number of hydrogen-bond donors (Lipinski definition) is 0. The van der Waals surface area contributed by atoms with Crippen molar-refractivity contribution < 1.29 is 0 Å². The SMILES string of the molecule is Cc1cccc(-c2ccccc2Cc2ccccc2)c1Cc1ccccc1. The Morgan fingerprint density at radius 3 is 1.74 bits per heavy atom. The van der Waals surface area contributed by atoms with E-state index < -0.39 is 0 Å². The molecule has 27 heavy (non-hydrogen) atoms. The van der Waals surface area contributed by atoms with Gasteiger partial charge >= 0.3 is 0 Å². The maximum Gasteiger partial charge on any atom is -0.00170 e. The van der Waals surface area contributed by atoms with Crippen LogP contribution >= 0.6 is 0 Å². The number of rotatable bonds is 5. The fourth-order valence-corrected chi connectivity index (χ4v) is 3.74. The molecule has 0 unspecified atom stereocenters. The van der Waals surface area contributed by atoms with Crippen LogP contribution in [0.5, 0.6) is 0 Å². The van der Waals surface area contributed by atoms with Gasteiger partial charge < -0.3 is 0 Å². The third-order valence-corrected chi connectivity index (χ3v) is 5.18. The van der Waals surface area contributed by atoms with Crippen LogP contribution in [0.2, 0.25) is 0 Å². The number of aryl methyl sites for hydroxylation is 1. The highest BCUT2D eigenvalue weighted by atomic mass is 14.2. The smallest absolute Gasteiger partial charge is 0.00170 e. The molecule has 132 valence electrons. The molecule has 0 fully saturated rings. The van der Waals surface area contributed by atoms with Gasteiger partial charge in [0, 0.05) is 0 Å². The first-order valence-corrected chi connectivity index (χ1v) is 9.56. The first kappa shape index (κ1) is 17.3. The van der Waals surface area contributed by atoms with Crippen LogP contribution in [0.15, 0.2) is 103 Å². The summed E-state index contributed by atoms with van der Waals surface area (Å²) in [7, 11) is 0. The second-order valence-corrected chi connectivity index (χ2v) is 7.08. The van der Waals surface area contributed by atoms with Crippen molar-refractivity contribution in [2.75, 3.05) is 0 Å². The van der Waals surface area contributed by atoms with E-state index in [4.69, 9.17) is 0 Å². The maximum absolute atomic E-state index is 2.27. The van der Waals surface area contributed by atoms with E-state index in [2.05, 4.69) is 110 Å². The maximum atomic E-state index is 2.27. The lowest BCUT2D eigenvalue weighted by molar-refractivity contribution is 1.15. The highest BCUT2D eigenvalue weighted by Gasteiger charge is 2.12. The Bertz CT molecular complexity index is 1010. The molecule has 4 aromatic carbocycles. The van der Waals surface area contributed by atoms with E-state index in [1.807, 2.05) is 0 Å². The zero-order valence-corrected chi connectivity index (χ0v) is 15.7. The second-order valence-electron chi connectivity index (χ2n) is 7.08. The Morgan fingerprint density at radius 2 is 1.04 bits per heavy atom. The molecule has 0 saturated carbocycles. The summed E-state index contributed by atoms with van der Waals surface area (Å²) < 4.78 is 0. The molecule has 0 atom stereocenters. The highest BCUT2D eigenvalue weighted by Crippen LogP contribution is 2.32. The molecule has 0 N–H and O–H groups in total. The third kappa shape index (κ3) is 4.01. The van der Waals surface area contributed by atoms with Gasteiger partial charge in [-0.25, -0.2) is 0 Å². The Labute approximate surface area is 162 Å². The molecule has 0 spiro atoms. The van der Waals surface area contributed by atoms with Gasteiger partial charge in [-0.15, -0.1) is 0 Å². The summed E-state index contributed by atoms with van der Waals surface area (Å²) in [6, 6.07) is 37.0. The van der Waals surface area contributed by atoms with Crippen LogP contribution in [-0.2, 0) is 12.8 Å². The van der Waals surface area contributed by atoms with Gasteiger partial charge in [0.1, 0.15) is 0 Å². The summed E-state index contributed by atoms with van der Waals surface area (Å²) in [5, 5.41) is 0. The molecule has 0 heteroatoms. The van der Waals surface area contributed by atoms with Crippen LogP contribution in [0, 0.1) is 6.92 Å². The highest BCUT2D eigenvalue weighted by molar-refractivity contribution is 5.73. The normalized spacial score (nSPS) is 10.7. The van der Waals surface area contributed by atoms with Crippen molar-refractivity contribution in [1.82, 2.24) is 0 Å². The standard InChI is InChI=1S/C27H24/c1-21-11-10-18-26(27(21)20-23-14-6-3-7-15-23)25-17-9-8-16-24(25)19-22-12-4-2-5-13-22/h2-18H,19-20H2,1H3. The molecule has 0 aliphatic rings. The third-order valence-electron chi connectivity index (χ3n) is 5.18. The molecule has 0 heterocycles. The lowest BCUT2D eigenvalue weighted by Gasteiger charge is -2.16. The largest absolute Gasteiger partial charge is 0.0622 e. The zero-order chi connectivity index (χ0) is 18.5. The van der Waals surface area contributed by atoms with Gasteiger partial charge in [0.25, 0.3) is 0 Å². The molecule has 0 nitrogen and oxygen atoms in total. The van der Waals surface area contributed by atoms with Crippen molar-refractivity contribution in [1.29, 1.82) is 0 Å². The van der Waals surface area contributed by atoms with Crippen molar-refractivity contribution in [3.63, 3.8) is 0 Å². The van der Waals surface area contributed by atoms with Gasteiger partial charge in [0.15, 0.2) is 0 Å². The van der Waals surface area contributed by atoms with E-state index in [-0.39, 0.29) is 0 Å². The van der Waals surface area contributed by atoms with Gasteiger partial charge in [-0.05, 0) is 58.7 Å². The van der Waals surface area contributed by atoms with E-state index in [1.165, 1.54) is 38.9 Å². The molecular weight excluding hydrogens is 324 g/mol. The van der Waals surface area contributed by atoms with Crippen molar-refractivity contribution in [3.05, 3.63) is 131 Å². The first-order valence-electron chi connectivity index (χ1n) is 9.56. The predicted molar refractivity (Wildman–Crippen MR) is 115 cm³/mol. The Morgan fingerprint density at radius 1 is 0.481 bits per heavy atom. The summed E-state index contributed by atoms with van der Waals surface area (Å²) in [6.45, 7) is 2.22. The van der Waals surface area contributed by atoms with Gasteiger partial charge in [-0.3, -0.25) is 0 Å².